The zero-order valence-corrected chi connectivity index (χ0v) is 18.0. The lowest BCUT2D eigenvalue weighted by atomic mass is 10.0. The molecule has 1 saturated heterocycles. The third-order valence-corrected chi connectivity index (χ3v) is 5.67. The van der Waals surface area contributed by atoms with Gasteiger partial charge in [0.1, 0.15) is 18.4 Å². The Kier molecular flexibility index (Phi) is 6.61. The second kappa shape index (κ2) is 9.74. The number of fused-ring (bicyclic) bond motifs is 1. The standard InChI is InChI=1S/C24H27N3O5/c1-2-31-24(30)27-12-10-26(11-13-27)22(23(28)29)20-15-25-21-14-18(8-9-19(20)21)32-16-17-6-4-3-5-7-17/h3-9,14-15,22,25H,2,10-13,16H2,1H3,(H,28,29). The van der Waals surface area contributed by atoms with Crippen molar-refractivity contribution < 1.29 is 24.2 Å². The number of aromatic amines is 1. The minimum Gasteiger partial charge on any atom is -0.489 e. The van der Waals surface area contributed by atoms with E-state index in [1.165, 1.54) is 0 Å². The molecule has 0 spiro atoms. The number of nitrogens with one attached hydrogen (secondary N) is 1. The monoisotopic (exact) mass is 437 g/mol. The van der Waals surface area contributed by atoms with Gasteiger partial charge in [0, 0.05) is 54.9 Å². The second-order valence-electron chi connectivity index (χ2n) is 7.69. The van der Waals surface area contributed by atoms with E-state index in [1.54, 1.807) is 18.0 Å². The van der Waals surface area contributed by atoms with E-state index in [2.05, 4.69) is 4.98 Å². The second-order valence-corrected chi connectivity index (χ2v) is 7.69. The maximum Gasteiger partial charge on any atom is 0.409 e. The maximum atomic E-state index is 12.2. The van der Waals surface area contributed by atoms with E-state index in [0.717, 1.165) is 16.5 Å². The van der Waals surface area contributed by atoms with E-state index >= 15 is 0 Å². The van der Waals surface area contributed by atoms with Crippen LogP contribution in [0.2, 0.25) is 0 Å². The number of rotatable bonds is 7. The van der Waals surface area contributed by atoms with Crippen LogP contribution in [-0.2, 0) is 16.1 Å². The number of hydrogen-bond acceptors (Lipinski definition) is 5. The number of nitrogens with zero attached hydrogens (tertiary/aromatic N) is 2. The summed E-state index contributed by atoms with van der Waals surface area (Å²) in [5.41, 5.74) is 2.60. The van der Waals surface area contributed by atoms with Gasteiger partial charge in [-0.1, -0.05) is 30.3 Å². The van der Waals surface area contributed by atoms with Gasteiger partial charge in [0.05, 0.1) is 6.61 Å². The van der Waals surface area contributed by atoms with E-state index < -0.39 is 12.0 Å². The Hall–Kier alpha value is -3.52. The number of aromatic nitrogens is 1. The molecule has 4 rings (SSSR count). The summed E-state index contributed by atoms with van der Waals surface area (Å²) in [6, 6.07) is 14.8. The lowest BCUT2D eigenvalue weighted by molar-refractivity contribution is -0.144. The van der Waals surface area contributed by atoms with Gasteiger partial charge in [0.15, 0.2) is 0 Å². The number of ether oxygens (including phenoxy) is 2. The predicted octanol–water partition coefficient (Wildman–Crippen LogP) is 3.65. The van der Waals surface area contributed by atoms with Crippen molar-refractivity contribution >= 4 is 23.0 Å². The Morgan fingerprint density at radius 2 is 1.84 bits per heavy atom. The maximum absolute atomic E-state index is 12.2. The lowest BCUT2D eigenvalue weighted by Crippen LogP contribution is -2.51. The molecule has 8 heteroatoms. The van der Waals surface area contributed by atoms with Crippen LogP contribution in [0.25, 0.3) is 10.9 Å². The van der Waals surface area contributed by atoms with Crippen molar-refractivity contribution in [2.45, 2.75) is 19.6 Å². The van der Waals surface area contributed by atoms with Crippen molar-refractivity contribution in [3.8, 4) is 5.75 Å². The molecule has 1 aliphatic rings. The largest absolute Gasteiger partial charge is 0.489 e. The summed E-state index contributed by atoms with van der Waals surface area (Å²) in [6.07, 6.45) is 1.40. The van der Waals surface area contributed by atoms with E-state index in [4.69, 9.17) is 9.47 Å². The summed E-state index contributed by atoms with van der Waals surface area (Å²) in [5, 5.41) is 10.8. The molecule has 0 saturated carbocycles. The zero-order chi connectivity index (χ0) is 22.5. The number of carbonyl (C=O) groups excluding carboxylic acids is 1. The average Bonchev–Trinajstić information content (AvgIpc) is 3.22. The number of hydrogen-bond donors (Lipinski definition) is 2. The number of carbonyl (C=O) groups is 2. The Bertz CT molecular complexity index is 1070. The van der Waals surface area contributed by atoms with E-state index in [0.29, 0.717) is 50.7 Å². The Balaban J connectivity index is 1.48. The quantitative estimate of drug-likeness (QED) is 0.586. The first-order chi connectivity index (χ1) is 15.6. The molecule has 8 nitrogen and oxygen atoms in total. The van der Waals surface area contributed by atoms with Crippen molar-refractivity contribution in [2.75, 3.05) is 32.8 Å². The van der Waals surface area contributed by atoms with Crippen molar-refractivity contribution in [2.24, 2.45) is 0 Å². The van der Waals surface area contributed by atoms with Gasteiger partial charge in [-0.3, -0.25) is 9.69 Å². The molecule has 1 unspecified atom stereocenters. The molecule has 1 aliphatic heterocycles. The summed E-state index contributed by atoms with van der Waals surface area (Å²) in [6.45, 7) is 4.33. The molecule has 1 amide bonds. The number of H-pyrrole nitrogens is 1. The number of carboxylic acids is 1. The van der Waals surface area contributed by atoms with Crippen LogP contribution in [0.5, 0.6) is 5.75 Å². The van der Waals surface area contributed by atoms with Crippen LogP contribution in [-0.4, -0.2) is 64.7 Å². The van der Waals surface area contributed by atoms with Crippen molar-refractivity contribution in [3.63, 3.8) is 0 Å². The highest BCUT2D eigenvalue weighted by molar-refractivity contribution is 5.90. The predicted molar refractivity (Wildman–Crippen MR) is 120 cm³/mol. The van der Waals surface area contributed by atoms with Gasteiger partial charge in [-0.15, -0.1) is 0 Å². The molecule has 2 aromatic carbocycles. The molecular weight excluding hydrogens is 410 g/mol. The van der Waals surface area contributed by atoms with Crippen LogP contribution in [0.1, 0.15) is 24.1 Å². The Morgan fingerprint density at radius 3 is 2.53 bits per heavy atom. The molecule has 0 aliphatic carbocycles. The van der Waals surface area contributed by atoms with Crippen LogP contribution in [0.15, 0.2) is 54.7 Å². The minimum absolute atomic E-state index is 0.323. The van der Waals surface area contributed by atoms with Crippen molar-refractivity contribution in [1.29, 1.82) is 0 Å². The van der Waals surface area contributed by atoms with Crippen LogP contribution in [0.4, 0.5) is 4.79 Å². The van der Waals surface area contributed by atoms with Gasteiger partial charge in [-0.2, -0.15) is 0 Å². The normalized spacial score (nSPS) is 15.5. The summed E-state index contributed by atoms with van der Waals surface area (Å²) in [5.74, 6) is -0.204. The zero-order valence-electron chi connectivity index (χ0n) is 18.0. The summed E-state index contributed by atoms with van der Waals surface area (Å²) in [7, 11) is 0. The molecule has 1 atom stereocenters. The summed E-state index contributed by atoms with van der Waals surface area (Å²) >= 11 is 0. The fourth-order valence-corrected chi connectivity index (χ4v) is 4.05. The number of amides is 1. The topological polar surface area (TPSA) is 95.1 Å². The number of carboxylic acid groups (broad SMARTS) is 1. The third-order valence-electron chi connectivity index (χ3n) is 5.67. The first-order valence-corrected chi connectivity index (χ1v) is 10.7. The molecule has 32 heavy (non-hydrogen) atoms. The van der Waals surface area contributed by atoms with Gasteiger partial charge in [0.25, 0.3) is 0 Å². The highest BCUT2D eigenvalue weighted by Crippen LogP contribution is 2.31. The molecule has 1 fully saturated rings. The molecule has 0 radical (unpaired) electrons. The van der Waals surface area contributed by atoms with E-state index in [1.807, 2.05) is 53.4 Å². The van der Waals surface area contributed by atoms with E-state index in [-0.39, 0.29) is 6.09 Å². The lowest BCUT2D eigenvalue weighted by Gasteiger charge is -2.37. The molecule has 0 bridgehead atoms. The molecule has 168 valence electrons. The van der Waals surface area contributed by atoms with Crippen LogP contribution >= 0.6 is 0 Å². The highest BCUT2D eigenvalue weighted by atomic mass is 16.6. The molecule has 2 N–H and O–H groups in total. The summed E-state index contributed by atoms with van der Waals surface area (Å²) in [4.78, 5) is 30.8. The highest BCUT2D eigenvalue weighted by Gasteiger charge is 2.33. The average molecular weight is 437 g/mol. The third kappa shape index (κ3) is 4.70. The smallest absolute Gasteiger partial charge is 0.409 e. The number of piperazine rings is 1. The van der Waals surface area contributed by atoms with E-state index in [9.17, 15) is 14.7 Å². The Labute approximate surface area is 186 Å². The van der Waals surface area contributed by atoms with Gasteiger partial charge < -0.3 is 24.5 Å². The van der Waals surface area contributed by atoms with Gasteiger partial charge in [-0.25, -0.2) is 4.79 Å². The first kappa shape index (κ1) is 21.7. The fourth-order valence-electron chi connectivity index (χ4n) is 4.05. The number of aliphatic carboxylic acids is 1. The molecule has 3 aromatic rings. The van der Waals surface area contributed by atoms with Crippen molar-refractivity contribution in [1.82, 2.24) is 14.8 Å². The first-order valence-electron chi connectivity index (χ1n) is 10.7. The minimum atomic E-state index is -0.917. The number of benzene rings is 2. The van der Waals surface area contributed by atoms with Crippen LogP contribution in [0, 0.1) is 0 Å². The molecular formula is C24H27N3O5. The Morgan fingerprint density at radius 1 is 1.09 bits per heavy atom. The molecule has 1 aromatic heterocycles. The fraction of sp³-hybridized carbons (Fsp3) is 0.333. The van der Waals surface area contributed by atoms with Gasteiger partial charge in [-0.05, 0) is 24.6 Å². The van der Waals surface area contributed by atoms with Gasteiger partial charge >= 0.3 is 12.1 Å². The van der Waals surface area contributed by atoms with Crippen LogP contribution in [0.3, 0.4) is 0 Å². The van der Waals surface area contributed by atoms with Crippen molar-refractivity contribution in [3.05, 3.63) is 65.9 Å². The van der Waals surface area contributed by atoms with Crippen LogP contribution < -0.4 is 4.74 Å². The summed E-state index contributed by atoms with van der Waals surface area (Å²) < 4.78 is 10.9. The SMILES string of the molecule is CCOC(=O)N1CCN(C(C(=O)O)c2c[nH]c3cc(OCc4ccccc4)ccc23)CC1. The molecule has 2 heterocycles. The van der Waals surface area contributed by atoms with Gasteiger partial charge in [0.2, 0.25) is 0 Å².